The molecule has 1 aliphatic rings. The van der Waals surface area contributed by atoms with Gasteiger partial charge in [0, 0.05) is 66.9 Å². The molecular weight excluding hydrogens is 599 g/mol. The molecule has 0 bridgehead atoms. The summed E-state index contributed by atoms with van der Waals surface area (Å²) in [6.07, 6.45) is 4.26. The van der Waals surface area contributed by atoms with Gasteiger partial charge in [-0.1, -0.05) is 35.3 Å². The van der Waals surface area contributed by atoms with E-state index in [0.717, 1.165) is 55.8 Å². The van der Waals surface area contributed by atoms with E-state index in [1.165, 1.54) is 11.6 Å². The highest BCUT2D eigenvalue weighted by Gasteiger charge is 2.29. The van der Waals surface area contributed by atoms with E-state index in [-0.39, 0.29) is 23.0 Å². The van der Waals surface area contributed by atoms with Crippen LogP contribution in [-0.2, 0) is 17.8 Å². The van der Waals surface area contributed by atoms with Crippen molar-refractivity contribution in [3.05, 3.63) is 90.8 Å². The number of halogens is 2. The van der Waals surface area contributed by atoms with Gasteiger partial charge in [0.2, 0.25) is 0 Å². The van der Waals surface area contributed by atoms with Crippen molar-refractivity contribution in [2.24, 2.45) is 0 Å². The average Bonchev–Trinajstić information content (AvgIpc) is 2.99. The molecule has 1 aliphatic carbocycles. The summed E-state index contributed by atoms with van der Waals surface area (Å²) in [6, 6.07) is 14.2. The lowest BCUT2D eigenvalue weighted by Gasteiger charge is -2.41. The topological polar surface area (TPSA) is 86.9 Å². The fraction of sp³-hybridized carbons (Fsp3) is 0.471. The normalized spacial score (nSPS) is 16.6. The van der Waals surface area contributed by atoms with Crippen LogP contribution in [0.15, 0.2) is 47.3 Å². The molecule has 0 atom stereocenters. The van der Waals surface area contributed by atoms with E-state index in [1.54, 1.807) is 20.1 Å². The Morgan fingerprint density at radius 1 is 1.05 bits per heavy atom. The van der Waals surface area contributed by atoms with Gasteiger partial charge in [-0.2, -0.15) is 0 Å². The summed E-state index contributed by atoms with van der Waals surface area (Å²) in [4.78, 5) is 33.5. The van der Waals surface area contributed by atoms with E-state index >= 15 is 0 Å². The number of carbonyl (C=O) groups is 1. The van der Waals surface area contributed by atoms with E-state index in [1.807, 2.05) is 25.1 Å². The van der Waals surface area contributed by atoms with Crippen LogP contribution >= 0.6 is 23.2 Å². The highest BCUT2D eigenvalue weighted by Crippen LogP contribution is 2.34. The molecule has 1 saturated carbocycles. The van der Waals surface area contributed by atoms with Crippen molar-refractivity contribution < 1.29 is 14.3 Å². The number of pyridine rings is 1. The van der Waals surface area contributed by atoms with Crippen molar-refractivity contribution in [1.82, 2.24) is 15.2 Å². The van der Waals surface area contributed by atoms with Gasteiger partial charge in [-0.3, -0.25) is 14.5 Å². The first kappa shape index (κ1) is 33.8. The van der Waals surface area contributed by atoms with Gasteiger partial charge in [-0.15, -0.1) is 0 Å². The number of anilines is 1. The van der Waals surface area contributed by atoms with Gasteiger partial charge in [0.15, 0.2) is 5.43 Å². The minimum absolute atomic E-state index is 0.0225. The molecule has 8 nitrogen and oxygen atoms in total. The number of benzene rings is 2. The Labute approximate surface area is 270 Å². The van der Waals surface area contributed by atoms with Crippen LogP contribution in [-0.4, -0.2) is 61.8 Å². The van der Waals surface area contributed by atoms with Gasteiger partial charge >= 0.3 is 0 Å². The number of rotatable bonds is 13. The first-order valence-electron chi connectivity index (χ1n) is 15.2. The summed E-state index contributed by atoms with van der Waals surface area (Å²) >= 11 is 12.8. The third-order valence-electron chi connectivity index (χ3n) is 8.50. The zero-order valence-corrected chi connectivity index (χ0v) is 27.9. The zero-order chi connectivity index (χ0) is 31.8. The molecule has 1 aromatic heterocycles. The van der Waals surface area contributed by atoms with Crippen LogP contribution in [0.3, 0.4) is 0 Å². The Balaban J connectivity index is 1.40. The monoisotopic (exact) mass is 642 g/mol. The van der Waals surface area contributed by atoms with Gasteiger partial charge in [-0.05, 0) is 88.9 Å². The van der Waals surface area contributed by atoms with Crippen LogP contribution in [0.2, 0.25) is 10.2 Å². The largest absolute Gasteiger partial charge is 0.491 e. The van der Waals surface area contributed by atoms with Crippen LogP contribution in [0.1, 0.15) is 65.3 Å². The molecule has 0 aliphatic heterocycles. The smallest absolute Gasteiger partial charge is 0.251 e. The Morgan fingerprint density at radius 2 is 1.77 bits per heavy atom. The van der Waals surface area contributed by atoms with Gasteiger partial charge < -0.3 is 24.7 Å². The number of nitrogens with one attached hydrogen (secondary N) is 2. The Bertz CT molecular complexity index is 1490. The van der Waals surface area contributed by atoms with E-state index in [0.29, 0.717) is 47.1 Å². The summed E-state index contributed by atoms with van der Waals surface area (Å²) in [5.74, 6) is 0.574. The molecule has 4 rings (SSSR count). The highest BCUT2D eigenvalue weighted by atomic mass is 35.5. The van der Waals surface area contributed by atoms with Crippen LogP contribution < -0.4 is 20.4 Å². The van der Waals surface area contributed by atoms with Crippen LogP contribution in [0.4, 0.5) is 5.69 Å². The lowest BCUT2D eigenvalue weighted by molar-refractivity contribution is 0.0950. The molecule has 1 heterocycles. The second-order valence-electron chi connectivity index (χ2n) is 11.5. The summed E-state index contributed by atoms with van der Waals surface area (Å²) < 4.78 is 10.9. The molecule has 44 heavy (non-hydrogen) atoms. The first-order chi connectivity index (χ1) is 21.1. The Morgan fingerprint density at radius 3 is 2.45 bits per heavy atom. The number of methoxy groups -OCH3 is 1. The SMILES string of the molecule is CCN(c1cc(Cl)cc(C(=O)NCc2c(Cl)[nH]c(C)cc2=O)c1C)C1CCC(N(C)Cc2cccc(OCCOC)c2)CC1. The van der Waals surface area contributed by atoms with Crippen LogP contribution in [0.5, 0.6) is 5.75 Å². The molecule has 0 saturated heterocycles. The van der Waals surface area contributed by atoms with Crippen molar-refractivity contribution in [1.29, 1.82) is 0 Å². The molecule has 1 amide bonds. The lowest BCUT2D eigenvalue weighted by atomic mass is 9.88. The summed E-state index contributed by atoms with van der Waals surface area (Å²) in [5, 5.41) is 3.60. The molecular formula is C34H44Cl2N4O4. The van der Waals surface area contributed by atoms with Gasteiger partial charge in [0.1, 0.15) is 17.5 Å². The number of aryl methyl sites for hydroxylation is 1. The molecule has 2 aromatic carbocycles. The lowest BCUT2D eigenvalue weighted by Crippen LogP contribution is -2.43. The second kappa shape index (κ2) is 15.8. The number of carbonyl (C=O) groups excluding carboxylic acids is 1. The average molecular weight is 644 g/mol. The van der Waals surface area contributed by atoms with E-state index in [9.17, 15) is 9.59 Å². The van der Waals surface area contributed by atoms with Crippen molar-refractivity contribution >= 4 is 34.8 Å². The highest BCUT2D eigenvalue weighted by molar-refractivity contribution is 6.31. The number of amides is 1. The summed E-state index contributed by atoms with van der Waals surface area (Å²) in [6.45, 7) is 8.66. The van der Waals surface area contributed by atoms with Gasteiger partial charge in [0.05, 0.1) is 12.2 Å². The minimum Gasteiger partial charge on any atom is -0.491 e. The molecule has 0 radical (unpaired) electrons. The van der Waals surface area contributed by atoms with Gasteiger partial charge in [-0.25, -0.2) is 0 Å². The summed E-state index contributed by atoms with van der Waals surface area (Å²) in [5.41, 5.74) is 4.34. The number of H-pyrrole nitrogens is 1. The van der Waals surface area contributed by atoms with E-state index in [2.05, 4.69) is 46.2 Å². The number of aromatic amines is 1. The maximum atomic E-state index is 13.3. The van der Waals surface area contributed by atoms with Crippen molar-refractivity contribution in [3.63, 3.8) is 0 Å². The molecule has 10 heteroatoms. The predicted molar refractivity (Wildman–Crippen MR) is 179 cm³/mol. The standard InChI is InChI=1S/C34H44Cl2N4O4/c1-6-40(27-12-10-26(11-13-27)39(4)21-24-8-7-9-28(17-24)44-15-14-43-5)31-19-25(35)18-29(23(31)3)34(42)37-20-30-32(41)16-22(2)38-33(30)36/h7-9,16-19,26-27H,6,10-15,20-21H2,1-5H3,(H,37,42)(H,38,41). The molecule has 0 spiro atoms. The molecule has 0 unspecified atom stereocenters. The van der Waals surface area contributed by atoms with Crippen LogP contribution in [0.25, 0.3) is 0 Å². The predicted octanol–water partition coefficient (Wildman–Crippen LogP) is 6.52. The third kappa shape index (κ3) is 8.57. The van der Waals surface area contributed by atoms with E-state index < -0.39 is 0 Å². The third-order valence-corrected chi connectivity index (χ3v) is 9.04. The number of aromatic nitrogens is 1. The molecule has 238 valence electrons. The number of hydrogen-bond donors (Lipinski definition) is 2. The Hall–Kier alpha value is -3.04. The quantitative estimate of drug-likeness (QED) is 0.163. The van der Waals surface area contributed by atoms with Crippen molar-refractivity contribution in [2.45, 2.75) is 71.6 Å². The maximum absolute atomic E-state index is 13.3. The van der Waals surface area contributed by atoms with Crippen molar-refractivity contribution in [2.75, 3.05) is 38.8 Å². The first-order valence-corrected chi connectivity index (χ1v) is 16.0. The number of ether oxygens (including phenoxy) is 2. The molecule has 2 N–H and O–H groups in total. The number of nitrogens with zero attached hydrogens (tertiary/aromatic N) is 2. The molecule has 1 fully saturated rings. The summed E-state index contributed by atoms with van der Waals surface area (Å²) in [7, 11) is 3.87. The Kier molecular flexibility index (Phi) is 12.2. The fourth-order valence-corrected chi connectivity index (χ4v) is 6.65. The van der Waals surface area contributed by atoms with Crippen molar-refractivity contribution in [3.8, 4) is 5.75 Å². The zero-order valence-electron chi connectivity index (χ0n) is 26.3. The van der Waals surface area contributed by atoms with Gasteiger partial charge in [0.25, 0.3) is 5.91 Å². The minimum atomic E-state index is -0.295. The number of hydrogen-bond acceptors (Lipinski definition) is 6. The maximum Gasteiger partial charge on any atom is 0.251 e. The van der Waals surface area contributed by atoms with E-state index in [4.69, 9.17) is 32.7 Å². The fourth-order valence-electron chi connectivity index (χ4n) is 6.13. The van der Waals surface area contributed by atoms with Crippen LogP contribution in [0, 0.1) is 13.8 Å². The molecule has 3 aromatic rings. The second-order valence-corrected chi connectivity index (χ2v) is 12.4.